The van der Waals surface area contributed by atoms with E-state index in [1.165, 1.54) is 6.08 Å². The summed E-state index contributed by atoms with van der Waals surface area (Å²) in [5.41, 5.74) is -0.971. The monoisotopic (exact) mass is 285 g/mol. The van der Waals surface area contributed by atoms with Crippen molar-refractivity contribution in [1.82, 2.24) is 9.97 Å². The van der Waals surface area contributed by atoms with Gasteiger partial charge in [0.2, 0.25) is 0 Å². The molecule has 7 nitrogen and oxygen atoms in total. The Kier molecular flexibility index (Phi) is 4.25. The Morgan fingerprint density at radius 3 is 2.48 bits per heavy atom. The third-order valence-corrected chi connectivity index (χ3v) is 2.53. The van der Waals surface area contributed by atoms with Gasteiger partial charge in [-0.2, -0.15) is 4.98 Å². The van der Waals surface area contributed by atoms with Crippen LogP contribution in [0.1, 0.15) is 11.4 Å². The second kappa shape index (κ2) is 6.29. The van der Waals surface area contributed by atoms with Crippen molar-refractivity contribution in [3.8, 4) is 5.88 Å². The lowest BCUT2D eigenvalue weighted by atomic mass is 10.2. The fraction of sp³-hybridized carbons (Fsp3) is 0. The molecule has 0 unspecified atom stereocenters. The van der Waals surface area contributed by atoms with Crippen LogP contribution in [0.5, 0.6) is 5.88 Å². The van der Waals surface area contributed by atoms with Crippen molar-refractivity contribution >= 4 is 17.8 Å². The first-order valence-electron chi connectivity index (χ1n) is 5.95. The molecule has 21 heavy (non-hydrogen) atoms. The molecule has 2 rings (SSSR count). The second-order valence-electron chi connectivity index (χ2n) is 4.01. The number of aromatic amines is 1. The zero-order chi connectivity index (χ0) is 15.2. The molecular formula is C14H11N3O4. The Morgan fingerprint density at radius 1 is 1.19 bits per heavy atom. The molecule has 0 spiro atoms. The molecule has 0 radical (unpaired) electrons. The molecule has 106 valence electrons. The molecule has 0 aliphatic heterocycles. The smallest absolute Gasteiger partial charge is 0.395 e. The van der Waals surface area contributed by atoms with E-state index in [4.69, 9.17) is 0 Å². The number of nitrogens with one attached hydrogen (secondary N) is 1. The predicted octanol–water partition coefficient (Wildman–Crippen LogP) is 2.11. The Bertz CT molecular complexity index is 764. The molecule has 0 bridgehead atoms. The molecule has 0 fully saturated rings. The number of aromatic nitrogens is 2. The van der Waals surface area contributed by atoms with Crippen LogP contribution in [-0.2, 0) is 0 Å². The summed E-state index contributed by atoms with van der Waals surface area (Å²) in [6.45, 7) is 0. The standard InChI is InChI=1S/C14H11N3O4/c18-13-12(17(20)21)14(19)16-11(15-13)9-5-4-8-10-6-2-1-3-7-10/h1-9H,(H2,15,16,18,19)/b8-4-,9-5+. The zero-order valence-corrected chi connectivity index (χ0v) is 10.8. The van der Waals surface area contributed by atoms with Crippen molar-refractivity contribution in [1.29, 1.82) is 0 Å². The molecular weight excluding hydrogens is 274 g/mol. The van der Waals surface area contributed by atoms with Crippen LogP contribution >= 0.6 is 0 Å². The van der Waals surface area contributed by atoms with Crippen LogP contribution in [-0.4, -0.2) is 20.0 Å². The first-order chi connectivity index (χ1) is 10.1. The minimum atomic E-state index is -1.00. The molecule has 0 aliphatic rings. The Balaban J connectivity index is 2.17. The highest BCUT2D eigenvalue weighted by atomic mass is 16.6. The van der Waals surface area contributed by atoms with Gasteiger partial charge in [-0.25, -0.2) is 0 Å². The minimum Gasteiger partial charge on any atom is -0.488 e. The van der Waals surface area contributed by atoms with Gasteiger partial charge in [-0.05, 0) is 11.6 Å². The van der Waals surface area contributed by atoms with E-state index in [9.17, 15) is 20.0 Å². The van der Waals surface area contributed by atoms with Crippen molar-refractivity contribution in [2.45, 2.75) is 0 Å². The fourth-order valence-electron chi connectivity index (χ4n) is 1.59. The predicted molar refractivity (Wildman–Crippen MR) is 77.7 cm³/mol. The van der Waals surface area contributed by atoms with Crippen molar-refractivity contribution in [2.75, 3.05) is 0 Å². The summed E-state index contributed by atoms with van der Waals surface area (Å²) in [5.74, 6) is -0.878. The van der Waals surface area contributed by atoms with E-state index < -0.39 is 22.0 Å². The van der Waals surface area contributed by atoms with Gasteiger partial charge in [-0.3, -0.25) is 14.9 Å². The molecule has 2 N–H and O–H groups in total. The van der Waals surface area contributed by atoms with E-state index in [1.54, 1.807) is 12.2 Å². The van der Waals surface area contributed by atoms with E-state index in [0.717, 1.165) is 5.56 Å². The maximum absolute atomic E-state index is 11.4. The minimum absolute atomic E-state index is 0.0285. The summed E-state index contributed by atoms with van der Waals surface area (Å²) < 4.78 is 0. The van der Waals surface area contributed by atoms with Gasteiger partial charge < -0.3 is 10.1 Å². The number of nitrogens with zero attached hydrogens (tertiary/aromatic N) is 2. The molecule has 0 atom stereocenters. The summed E-state index contributed by atoms with van der Waals surface area (Å²) >= 11 is 0. The van der Waals surface area contributed by atoms with Gasteiger partial charge in [0.1, 0.15) is 5.82 Å². The lowest BCUT2D eigenvalue weighted by Crippen LogP contribution is -2.14. The topological polar surface area (TPSA) is 109 Å². The highest BCUT2D eigenvalue weighted by Crippen LogP contribution is 2.16. The number of nitro groups is 1. The van der Waals surface area contributed by atoms with Crippen LogP contribution < -0.4 is 5.56 Å². The van der Waals surface area contributed by atoms with Crippen LogP contribution in [0.4, 0.5) is 5.69 Å². The molecule has 7 heteroatoms. The Labute approximate surface area is 119 Å². The summed E-state index contributed by atoms with van der Waals surface area (Å²) in [6, 6.07) is 9.54. The molecule has 1 heterocycles. The third kappa shape index (κ3) is 3.63. The largest absolute Gasteiger partial charge is 0.488 e. The van der Waals surface area contributed by atoms with Gasteiger partial charge in [0.25, 0.3) is 5.88 Å². The van der Waals surface area contributed by atoms with Gasteiger partial charge in [0.15, 0.2) is 0 Å². The normalized spacial score (nSPS) is 11.2. The van der Waals surface area contributed by atoms with Crippen LogP contribution in [0.25, 0.3) is 12.2 Å². The Morgan fingerprint density at radius 2 is 1.86 bits per heavy atom. The number of benzene rings is 1. The van der Waals surface area contributed by atoms with Crippen molar-refractivity contribution in [3.63, 3.8) is 0 Å². The van der Waals surface area contributed by atoms with Gasteiger partial charge >= 0.3 is 11.2 Å². The Hall–Kier alpha value is -3.22. The van der Waals surface area contributed by atoms with Crippen LogP contribution in [0.15, 0.2) is 47.3 Å². The van der Waals surface area contributed by atoms with Gasteiger partial charge in [-0.1, -0.05) is 48.6 Å². The van der Waals surface area contributed by atoms with E-state index >= 15 is 0 Å². The first-order valence-corrected chi connectivity index (χ1v) is 5.95. The maximum Gasteiger partial charge on any atom is 0.395 e. The van der Waals surface area contributed by atoms with Crippen molar-refractivity contribution < 1.29 is 10.0 Å². The fourth-order valence-corrected chi connectivity index (χ4v) is 1.59. The number of hydrogen-bond acceptors (Lipinski definition) is 5. The highest BCUT2D eigenvalue weighted by molar-refractivity contribution is 5.55. The number of hydrogen-bond donors (Lipinski definition) is 2. The third-order valence-electron chi connectivity index (χ3n) is 2.53. The molecule has 2 aromatic rings. The molecule has 1 aromatic heterocycles. The molecule has 0 amide bonds. The summed E-state index contributed by atoms with van der Waals surface area (Å²) in [6.07, 6.45) is 6.56. The SMILES string of the molecule is O=c1[nH]c(/C=C/C=C\c2ccccc2)nc(O)c1[N+](=O)[O-]. The van der Waals surface area contributed by atoms with Crippen LogP contribution in [0.3, 0.4) is 0 Å². The summed E-state index contributed by atoms with van der Waals surface area (Å²) in [7, 11) is 0. The molecule has 0 aliphatic carbocycles. The molecule has 0 saturated carbocycles. The van der Waals surface area contributed by atoms with Crippen LogP contribution in [0.2, 0.25) is 0 Å². The van der Waals surface area contributed by atoms with Gasteiger partial charge in [0, 0.05) is 0 Å². The lowest BCUT2D eigenvalue weighted by Gasteiger charge is -1.96. The highest BCUT2D eigenvalue weighted by Gasteiger charge is 2.20. The second-order valence-corrected chi connectivity index (χ2v) is 4.01. The van der Waals surface area contributed by atoms with E-state index in [1.807, 2.05) is 36.4 Å². The van der Waals surface area contributed by atoms with Gasteiger partial charge in [0.05, 0.1) is 4.92 Å². The number of H-pyrrole nitrogens is 1. The number of rotatable bonds is 4. The average Bonchev–Trinajstić information content (AvgIpc) is 2.43. The first kappa shape index (κ1) is 14.2. The van der Waals surface area contributed by atoms with E-state index in [2.05, 4.69) is 9.97 Å². The van der Waals surface area contributed by atoms with E-state index in [0.29, 0.717) is 0 Å². The van der Waals surface area contributed by atoms with Crippen molar-refractivity contribution in [3.05, 3.63) is 74.3 Å². The van der Waals surface area contributed by atoms with Crippen molar-refractivity contribution in [2.24, 2.45) is 0 Å². The summed E-state index contributed by atoms with van der Waals surface area (Å²) in [5, 5.41) is 19.9. The average molecular weight is 285 g/mol. The zero-order valence-electron chi connectivity index (χ0n) is 10.8. The molecule has 1 aromatic carbocycles. The maximum atomic E-state index is 11.4. The summed E-state index contributed by atoms with van der Waals surface area (Å²) in [4.78, 5) is 26.7. The quantitative estimate of drug-likeness (QED) is 0.508. The molecule has 0 saturated heterocycles. The lowest BCUT2D eigenvalue weighted by molar-refractivity contribution is -0.387. The van der Waals surface area contributed by atoms with Gasteiger partial charge in [-0.15, -0.1) is 0 Å². The van der Waals surface area contributed by atoms with Crippen LogP contribution in [0, 0.1) is 10.1 Å². The number of allylic oxidation sites excluding steroid dienone is 2. The van der Waals surface area contributed by atoms with E-state index in [-0.39, 0.29) is 5.82 Å². The number of aromatic hydroxyl groups is 1.